The normalized spacial score (nSPS) is 10.9. The van der Waals surface area contributed by atoms with Gasteiger partial charge < -0.3 is 20.7 Å². The first-order chi connectivity index (χ1) is 21.1. The number of anilines is 1. The molecule has 0 atom stereocenters. The summed E-state index contributed by atoms with van der Waals surface area (Å²) in [5.74, 6) is -3.61. The molecule has 10 nitrogen and oxygen atoms in total. The summed E-state index contributed by atoms with van der Waals surface area (Å²) in [4.78, 5) is 22.7. The van der Waals surface area contributed by atoms with Crippen LogP contribution < -0.4 is 10.5 Å². The smallest absolute Gasteiger partial charge is 0.475 e. The highest BCUT2D eigenvalue weighted by Crippen LogP contribution is 2.34. The molecule has 5 aromatic rings. The lowest BCUT2D eigenvalue weighted by atomic mass is 10.0. The summed E-state index contributed by atoms with van der Waals surface area (Å²) in [7, 11) is 0. The number of hydrogen-bond donors (Lipinski definition) is 4. The van der Waals surface area contributed by atoms with Crippen LogP contribution in [0.4, 0.5) is 32.2 Å². The molecule has 0 amide bonds. The van der Waals surface area contributed by atoms with Gasteiger partial charge in [-0.3, -0.25) is 5.10 Å². The number of nitrogens with two attached hydrogens (primary N) is 1. The second-order valence-corrected chi connectivity index (χ2v) is 8.62. The third kappa shape index (κ3) is 9.19. The minimum Gasteiger partial charge on any atom is -0.475 e. The fourth-order valence-electron chi connectivity index (χ4n) is 3.45. The van der Waals surface area contributed by atoms with Crippen LogP contribution >= 0.6 is 0 Å². The van der Waals surface area contributed by atoms with Crippen molar-refractivity contribution in [1.29, 1.82) is 5.26 Å². The number of aromatic nitrogens is 3. The van der Waals surface area contributed by atoms with Gasteiger partial charge in [-0.1, -0.05) is 30.3 Å². The number of H-pyrrole nitrogens is 1. The maximum absolute atomic E-state index is 10.6. The minimum atomic E-state index is -5.08. The van der Waals surface area contributed by atoms with Crippen molar-refractivity contribution in [3.63, 3.8) is 0 Å². The second kappa shape index (κ2) is 13.9. The van der Waals surface area contributed by atoms with Gasteiger partial charge in [0.2, 0.25) is 0 Å². The standard InChI is InChI=1S/C25H17N5O.2C2HF3O2/c26-15-16-6-8-17(9-7-16)21-14-22-23(25(27)30-29-22)24(28-21)18-10-12-20(13-11-18)31-19-4-2-1-3-5-19;2*3-2(4,5)1(6)7/h1-14H,(H3,27,29,30);2*(H,6,7). The van der Waals surface area contributed by atoms with Gasteiger partial charge >= 0.3 is 24.3 Å². The Kier molecular flexibility index (Phi) is 10.3. The molecule has 0 aliphatic heterocycles. The number of aromatic amines is 1. The first-order valence-electron chi connectivity index (χ1n) is 12.2. The third-order valence-corrected chi connectivity index (χ3v) is 5.47. The van der Waals surface area contributed by atoms with Crippen molar-refractivity contribution in [2.75, 3.05) is 5.73 Å². The molecule has 45 heavy (non-hydrogen) atoms. The molecule has 2 heterocycles. The van der Waals surface area contributed by atoms with Gasteiger partial charge in [0.25, 0.3) is 0 Å². The van der Waals surface area contributed by atoms with Crippen molar-refractivity contribution in [3.05, 3.63) is 90.5 Å². The number of halogens is 6. The van der Waals surface area contributed by atoms with Crippen molar-refractivity contribution in [2.45, 2.75) is 12.4 Å². The van der Waals surface area contributed by atoms with Crippen LogP contribution in [0.2, 0.25) is 0 Å². The summed E-state index contributed by atoms with van der Waals surface area (Å²) in [6, 6.07) is 28.7. The average Bonchev–Trinajstić information content (AvgIpc) is 3.38. The number of hydrogen-bond acceptors (Lipinski definition) is 7. The highest BCUT2D eigenvalue weighted by Gasteiger charge is 2.38. The summed E-state index contributed by atoms with van der Waals surface area (Å²) >= 11 is 0. The number of ether oxygens (including phenoxy) is 1. The number of aliphatic carboxylic acids is 2. The molecule has 0 aliphatic carbocycles. The molecule has 5 N–H and O–H groups in total. The molecule has 0 saturated heterocycles. The molecule has 0 bridgehead atoms. The summed E-state index contributed by atoms with van der Waals surface area (Å²) in [6.45, 7) is 0. The zero-order valence-electron chi connectivity index (χ0n) is 22.4. The summed E-state index contributed by atoms with van der Waals surface area (Å²) < 4.78 is 69.4. The van der Waals surface area contributed by atoms with Crippen LogP contribution in [-0.4, -0.2) is 49.7 Å². The highest BCUT2D eigenvalue weighted by atomic mass is 19.4. The molecule has 232 valence electrons. The number of alkyl halides is 6. The quantitative estimate of drug-likeness (QED) is 0.155. The number of benzene rings is 3. The van der Waals surface area contributed by atoms with E-state index >= 15 is 0 Å². The number of nitrogens with zero attached hydrogens (tertiary/aromatic N) is 3. The van der Waals surface area contributed by atoms with Crippen LogP contribution in [0, 0.1) is 11.3 Å². The van der Waals surface area contributed by atoms with Crippen LogP contribution in [0.15, 0.2) is 84.9 Å². The summed E-state index contributed by atoms with van der Waals surface area (Å²) in [6.07, 6.45) is -10.2. The van der Waals surface area contributed by atoms with E-state index in [1.165, 1.54) is 0 Å². The number of fused-ring (bicyclic) bond motifs is 1. The molecule has 0 saturated carbocycles. The highest BCUT2D eigenvalue weighted by molar-refractivity contribution is 6.01. The van der Waals surface area contributed by atoms with Gasteiger partial charge in [-0.05, 0) is 54.6 Å². The monoisotopic (exact) mass is 631 g/mol. The Labute approximate surface area is 248 Å². The Bertz CT molecular complexity index is 1790. The number of para-hydroxylation sites is 1. The van der Waals surface area contributed by atoms with E-state index in [1.807, 2.05) is 72.8 Å². The number of nitriles is 1. The molecule has 0 unspecified atom stereocenters. The Balaban J connectivity index is 0.000000331. The van der Waals surface area contributed by atoms with Gasteiger partial charge in [0.05, 0.1) is 33.9 Å². The van der Waals surface area contributed by atoms with Gasteiger partial charge in [0.15, 0.2) is 5.82 Å². The second-order valence-electron chi connectivity index (χ2n) is 8.62. The van der Waals surface area contributed by atoms with Gasteiger partial charge in [0.1, 0.15) is 11.5 Å². The fourth-order valence-corrected chi connectivity index (χ4v) is 3.45. The van der Waals surface area contributed by atoms with E-state index < -0.39 is 24.3 Å². The molecule has 0 radical (unpaired) electrons. The van der Waals surface area contributed by atoms with Gasteiger partial charge in [-0.15, -0.1) is 0 Å². The lowest BCUT2D eigenvalue weighted by Gasteiger charge is -2.10. The van der Waals surface area contributed by atoms with Crippen molar-refractivity contribution in [2.24, 2.45) is 0 Å². The molecule has 0 spiro atoms. The molecule has 3 aromatic carbocycles. The lowest BCUT2D eigenvalue weighted by Crippen LogP contribution is -2.21. The number of nitrogen functional groups attached to an aromatic ring is 1. The van der Waals surface area contributed by atoms with E-state index in [4.69, 9.17) is 40.5 Å². The van der Waals surface area contributed by atoms with Crippen molar-refractivity contribution < 1.29 is 50.9 Å². The first-order valence-corrected chi connectivity index (χ1v) is 12.2. The number of rotatable bonds is 4. The number of carboxylic acid groups (broad SMARTS) is 2. The first kappa shape index (κ1) is 33.4. The van der Waals surface area contributed by atoms with E-state index in [-0.39, 0.29) is 0 Å². The Morgan fingerprint density at radius 2 is 1.29 bits per heavy atom. The number of carbonyl (C=O) groups is 2. The summed E-state index contributed by atoms with van der Waals surface area (Å²) in [5, 5.41) is 31.2. The molecule has 0 aliphatic rings. The largest absolute Gasteiger partial charge is 0.490 e. The molecule has 0 fully saturated rings. The molecule has 2 aromatic heterocycles. The van der Waals surface area contributed by atoms with Gasteiger partial charge in [-0.2, -0.15) is 36.7 Å². The summed E-state index contributed by atoms with van der Waals surface area (Å²) in [5.41, 5.74) is 10.8. The van der Waals surface area contributed by atoms with Crippen LogP contribution in [0.1, 0.15) is 5.56 Å². The molecular formula is C29H19F6N5O5. The number of nitrogens with one attached hydrogen (secondary N) is 1. The molecule has 5 rings (SSSR count). The number of carboxylic acids is 2. The van der Waals surface area contributed by atoms with Crippen molar-refractivity contribution in [1.82, 2.24) is 15.2 Å². The van der Waals surface area contributed by atoms with Gasteiger partial charge in [0, 0.05) is 11.1 Å². The maximum atomic E-state index is 10.6. The molecule has 16 heteroatoms. The van der Waals surface area contributed by atoms with E-state index in [9.17, 15) is 26.3 Å². The fraction of sp³-hybridized carbons (Fsp3) is 0.0690. The number of pyridine rings is 1. The van der Waals surface area contributed by atoms with E-state index in [1.54, 1.807) is 12.1 Å². The topological polar surface area (TPSA) is 175 Å². The average molecular weight is 631 g/mol. The van der Waals surface area contributed by atoms with E-state index in [0.29, 0.717) is 11.4 Å². The maximum Gasteiger partial charge on any atom is 0.490 e. The minimum absolute atomic E-state index is 0.397. The van der Waals surface area contributed by atoms with E-state index in [2.05, 4.69) is 16.3 Å². The van der Waals surface area contributed by atoms with Crippen molar-refractivity contribution in [3.8, 4) is 40.1 Å². The zero-order chi connectivity index (χ0) is 33.4. The Hall–Kier alpha value is -6.11. The zero-order valence-corrected chi connectivity index (χ0v) is 22.4. The molecular weight excluding hydrogens is 612 g/mol. The van der Waals surface area contributed by atoms with Crippen molar-refractivity contribution >= 4 is 28.7 Å². The SMILES string of the molecule is N#Cc1ccc(-c2cc3[nH]nc(N)c3c(-c3ccc(Oc4ccccc4)cc3)n2)cc1.O=C(O)C(F)(F)F.O=C(O)C(F)(F)F. The van der Waals surface area contributed by atoms with Crippen LogP contribution in [0.5, 0.6) is 11.5 Å². The Morgan fingerprint density at radius 1 is 0.800 bits per heavy atom. The van der Waals surface area contributed by atoms with Gasteiger partial charge in [-0.25, -0.2) is 14.6 Å². The predicted molar refractivity (Wildman–Crippen MR) is 148 cm³/mol. The van der Waals surface area contributed by atoms with Crippen LogP contribution in [0.25, 0.3) is 33.4 Å². The van der Waals surface area contributed by atoms with Crippen LogP contribution in [-0.2, 0) is 9.59 Å². The Morgan fingerprint density at radius 3 is 1.78 bits per heavy atom. The third-order valence-electron chi connectivity index (χ3n) is 5.47. The van der Waals surface area contributed by atoms with E-state index in [0.717, 1.165) is 44.9 Å². The lowest BCUT2D eigenvalue weighted by molar-refractivity contribution is -0.193. The predicted octanol–water partition coefficient (Wildman–Crippen LogP) is 6.80. The van der Waals surface area contributed by atoms with Crippen LogP contribution in [0.3, 0.4) is 0 Å².